The molecule has 122 valence electrons. The zero-order chi connectivity index (χ0) is 17.0. The summed E-state index contributed by atoms with van der Waals surface area (Å²) in [7, 11) is -3.33. The second-order valence-corrected chi connectivity index (χ2v) is 6.81. The van der Waals surface area contributed by atoms with Gasteiger partial charge in [0.15, 0.2) is 0 Å². The number of sulfonamides is 1. The van der Waals surface area contributed by atoms with E-state index in [1.807, 2.05) is 0 Å². The summed E-state index contributed by atoms with van der Waals surface area (Å²) in [6, 6.07) is 10.1. The van der Waals surface area contributed by atoms with Gasteiger partial charge in [-0.05, 0) is 22.9 Å². The van der Waals surface area contributed by atoms with E-state index in [2.05, 4.69) is 10.0 Å². The molecule has 0 atom stereocenters. The van der Waals surface area contributed by atoms with Crippen LogP contribution in [0.2, 0.25) is 0 Å². The standard InChI is InChI=1S/C15H16N2O5S/c1-23(21,22)17-7-6-16-14(18)12-8-10-4-2-3-5-11(10)9-13(12)15(19)20/h2-5,8-9,17H,6-7H2,1H3,(H,16,18)(H,19,20). The highest BCUT2D eigenvalue weighted by atomic mass is 32.2. The number of benzene rings is 2. The van der Waals surface area contributed by atoms with Crippen molar-refractivity contribution in [2.45, 2.75) is 0 Å². The summed E-state index contributed by atoms with van der Waals surface area (Å²) in [5, 5.41) is 13.3. The number of carboxylic acids is 1. The fourth-order valence-electron chi connectivity index (χ4n) is 2.11. The number of carbonyl (C=O) groups is 2. The molecule has 1 amide bonds. The van der Waals surface area contributed by atoms with Crippen molar-refractivity contribution in [2.75, 3.05) is 19.3 Å². The van der Waals surface area contributed by atoms with Crippen LogP contribution in [0.25, 0.3) is 10.8 Å². The van der Waals surface area contributed by atoms with E-state index in [0.717, 1.165) is 17.0 Å². The summed E-state index contributed by atoms with van der Waals surface area (Å²) >= 11 is 0. The molecule has 0 saturated heterocycles. The SMILES string of the molecule is CS(=O)(=O)NCCNC(=O)c1cc2ccccc2cc1C(=O)O. The normalized spacial score (nSPS) is 11.3. The van der Waals surface area contributed by atoms with Crippen LogP contribution in [-0.2, 0) is 10.0 Å². The molecule has 23 heavy (non-hydrogen) atoms. The number of amides is 1. The van der Waals surface area contributed by atoms with E-state index >= 15 is 0 Å². The van der Waals surface area contributed by atoms with Crippen LogP contribution < -0.4 is 10.0 Å². The molecule has 0 aliphatic carbocycles. The highest BCUT2D eigenvalue weighted by molar-refractivity contribution is 7.88. The number of fused-ring (bicyclic) bond motifs is 1. The molecule has 2 aromatic carbocycles. The van der Waals surface area contributed by atoms with Gasteiger partial charge in [-0.25, -0.2) is 17.9 Å². The quantitative estimate of drug-likeness (QED) is 0.676. The molecule has 0 spiro atoms. The Bertz CT molecular complexity index is 861. The molecule has 0 radical (unpaired) electrons. The van der Waals surface area contributed by atoms with Crippen LogP contribution in [0.1, 0.15) is 20.7 Å². The number of nitrogens with one attached hydrogen (secondary N) is 2. The molecule has 0 fully saturated rings. The molecule has 0 bridgehead atoms. The lowest BCUT2D eigenvalue weighted by atomic mass is 10.0. The summed E-state index contributed by atoms with van der Waals surface area (Å²) in [6.45, 7) is 0.0817. The second kappa shape index (κ2) is 6.76. The Hall–Kier alpha value is -2.45. The Labute approximate surface area is 133 Å². The summed E-state index contributed by atoms with van der Waals surface area (Å²) in [6.07, 6.45) is 1.01. The topological polar surface area (TPSA) is 113 Å². The van der Waals surface area contributed by atoms with Crippen LogP contribution in [-0.4, -0.2) is 44.7 Å². The van der Waals surface area contributed by atoms with E-state index in [4.69, 9.17) is 0 Å². The van der Waals surface area contributed by atoms with Crippen LogP contribution in [0.5, 0.6) is 0 Å². The van der Waals surface area contributed by atoms with E-state index in [9.17, 15) is 23.1 Å². The van der Waals surface area contributed by atoms with Crippen LogP contribution in [0, 0.1) is 0 Å². The van der Waals surface area contributed by atoms with Gasteiger partial charge in [-0.3, -0.25) is 4.79 Å². The van der Waals surface area contributed by atoms with Gasteiger partial charge >= 0.3 is 5.97 Å². The maximum atomic E-state index is 12.2. The van der Waals surface area contributed by atoms with E-state index in [-0.39, 0.29) is 24.2 Å². The lowest BCUT2D eigenvalue weighted by Gasteiger charge is -2.10. The maximum Gasteiger partial charge on any atom is 0.336 e. The highest BCUT2D eigenvalue weighted by Gasteiger charge is 2.17. The van der Waals surface area contributed by atoms with Gasteiger partial charge in [0.25, 0.3) is 5.91 Å². The van der Waals surface area contributed by atoms with Gasteiger partial charge in [0.05, 0.1) is 17.4 Å². The number of rotatable bonds is 6. The van der Waals surface area contributed by atoms with E-state index in [1.54, 1.807) is 24.3 Å². The van der Waals surface area contributed by atoms with Crippen molar-refractivity contribution in [3.05, 3.63) is 47.5 Å². The number of hydrogen-bond donors (Lipinski definition) is 3. The Kier molecular flexibility index (Phi) is 4.97. The smallest absolute Gasteiger partial charge is 0.336 e. The van der Waals surface area contributed by atoms with E-state index in [0.29, 0.717) is 0 Å². The summed E-state index contributed by atoms with van der Waals surface area (Å²) in [5.41, 5.74) is -0.0622. The minimum Gasteiger partial charge on any atom is -0.478 e. The van der Waals surface area contributed by atoms with Crippen molar-refractivity contribution < 1.29 is 23.1 Å². The Morgan fingerprint density at radius 2 is 1.61 bits per heavy atom. The minimum absolute atomic E-state index is 0.0283. The number of aromatic carboxylic acids is 1. The predicted octanol–water partition coefficient (Wildman–Crippen LogP) is 0.817. The number of hydrogen-bond acceptors (Lipinski definition) is 4. The zero-order valence-corrected chi connectivity index (χ0v) is 13.2. The molecule has 2 aromatic rings. The largest absolute Gasteiger partial charge is 0.478 e. The van der Waals surface area contributed by atoms with Gasteiger partial charge < -0.3 is 10.4 Å². The molecule has 0 saturated carbocycles. The van der Waals surface area contributed by atoms with Crippen molar-refractivity contribution in [1.29, 1.82) is 0 Å². The molecule has 0 aliphatic rings. The van der Waals surface area contributed by atoms with Crippen molar-refractivity contribution in [3.8, 4) is 0 Å². The molecular weight excluding hydrogens is 320 g/mol. The minimum atomic E-state index is -3.33. The second-order valence-electron chi connectivity index (χ2n) is 4.97. The van der Waals surface area contributed by atoms with Crippen LogP contribution >= 0.6 is 0 Å². The molecule has 7 nitrogen and oxygen atoms in total. The molecule has 3 N–H and O–H groups in total. The third-order valence-corrected chi connectivity index (χ3v) is 3.86. The van der Waals surface area contributed by atoms with Gasteiger partial charge in [0, 0.05) is 13.1 Å². The first-order valence-electron chi connectivity index (χ1n) is 6.77. The third kappa shape index (κ3) is 4.51. The zero-order valence-electron chi connectivity index (χ0n) is 12.4. The molecule has 0 heterocycles. The van der Waals surface area contributed by atoms with Gasteiger partial charge in [0.1, 0.15) is 0 Å². The van der Waals surface area contributed by atoms with Gasteiger partial charge in [0.2, 0.25) is 10.0 Å². The average molecular weight is 336 g/mol. The highest BCUT2D eigenvalue weighted by Crippen LogP contribution is 2.20. The van der Waals surface area contributed by atoms with Gasteiger partial charge in [-0.1, -0.05) is 24.3 Å². The van der Waals surface area contributed by atoms with Crippen molar-refractivity contribution >= 4 is 32.7 Å². The molecule has 2 rings (SSSR count). The maximum absolute atomic E-state index is 12.2. The van der Waals surface area contributed by atoms with Gasteiger partial charge in [-0.15, -0.1) is 0 Å². The number of carboxylic acid groups (broad SMARTS) is 1. The summed E-state index contributed by atoms with van der Waals surface area (Å²) < 4.78 is 24.1. The lowest BCUT2D eigenvalue weighted by molar-refractivity contribution is 0.0691. The fraction of sp³-hybridized carbons (Fsp3) is 0.200. The fourth-order valence-corrected chi connectivity index (χ4v) is 2.59. The lowest BCUT2D eigenvalue weighted by Crippen LogP contribution is -2.34. The van der Waals surface area contributed by atoms with Crippen LogP contribution in [0.15, 0.2) is 36.4 Å². The Morgan fingerprint density at radius 1 is 1.04 bits per heavy atom. The third-order valence-electron chi connectivity index (χ3n) is 3.14. The molecule has 0 aromatic heterocycles. The number of carbonyl (C=O) groups excluding carboxylic acids is 1. The first kappa shape index (κ1) is 16.9. The molecule has 0 aliphatic heterocycles. The van der Waals surface area contributed by atoms with E-state index < -0.39 is 21.9 Å². The van der Waals surface area contributed by atoms with E-state index in [1.165, 1.54) is 12.1 Å². The van der Waals surface area contributed by atoms with Crippen molar-refractivity contribution in [2.24, 2.45) is 0 Å². The molecule has 0 unspecified atom stereocenters. The van der Waals surface area contributed by atoms with Crippen molar-refractivity contribution in [1.82, 2.24) is 10.0 Å². The monoisotopic (exact) mass is 336 g/mol. The average Bonchev–Trinajstić information content (AvgIpc) is 2.49. The first-order valence-corrected chi connectivity index (χ1v) is 8.66. The van der Waals surface area contributed by atoms with Crippen molar-refractivity contribution in [3.63, 3.8) is 0 Å². The van der Waals surface area contributed by atoms with Crippen LogP contribution in [0.4, 0.5) is 0 Å². The first-order chi connectivity index (χ1) is 10.8. The van der Waals surface area contributed by atoms with Crippen LogP contribution in [0.3, 0.4) is 0 Å². The molecule has 8 heteroatoms. The Balaban J connectivity index is 2.21. The predicted molar refractivity (Wildman–Crippen MR) is 86.1 cm³/mol. The Morgan fingerprint density at radius 3 is 2.13 bits per heavy atom. The summed E-state index contributed by atoms with van der Waals surface area (Å²) in [4.78, 5) is 23.5. The molecular formula is C15H16N2O5S. The van der Waals surface area contributed by atoms with Gasteiger partial charge in [-0.2, -0.15) is 0 Å². The summed E-state index contributed by atoms with van der Waals surface area (Å²) in [5.74, 6) is -1.77.